The Hall–Kier alpha value is -2.06. The van der Waals surface area contributed by atoms with E-state index in [-0.39, 0.29) is 30.9 Å². The molecule has 11 nitrogen and oxygen atoms in total. The van der Waals surface area contributed by atoms with Crippen molar-refractivity contribution in [3.63, 3.8) is 0 Å². The molecule has 1 aliphatic carbocycles. The van der Waals surface area contributed by atoms with Crippen molar-refractivity contribution in [2.24, 2.45) is 0 Å². The SMILES string of the molecule is CCCCC(C)c1ccccc1NS(=O)(=O)C1CCC2(C=C1C(=O)OCC)OC(C(O)CO)C(C(O)CO)O2. The number of ether oxygens (including phenoxy) is 3. The van der Waals surface area contributed by atoms with Crippen LogP contribution in [-0.2, 0) is 29.0 Å². The third kappa shape index (κ3) is 7.18. The average Bonchev–Trinajstić information content (AvgIpc) is 3.29. The van der Waals surface area contributed by atoms with Gasteiger partial charge >= 0.3 is 5.97 Å². The molecule has 12 heteroatoms. The molecule has 1 spiro atoms. The third-order valence-electron chi connectivity index (χ3n) is 7.23. The molecule has 6 atom stereocenters. The maximum Gasteiger partial charge on any atom is 0.335 e. The average molecular weight is 572 g/mol. The van der Waals surface area contributed by atoms with Gasteiger partial charge in [-0.25, -0.2) is 13.2 Å². The van der Waals surface area contributed by atoms with Crippen molar-refractivity contribution in [3.8, 4) is 0 Å². The van der Waals surface area contributed by atoms with Crippen molar-refractivity contribution in [2.75, 3.05) is 24.5 Å². The van der Waals surface area contributed by atoms with Gasteiger partial charge in [0.1, 0.15) is 29.7 Å². The van der Waals surface area contributed by atoms with E-state index in [0.717, 1.165) is 24.8 Å². The van der Waals surface area contributed by atoms with Gasteiger partial charge in [-0.3, -0.25) is 4.72 Å². The molecular weight excluding hydrogens is 530 g/mol. The lowest BCUT2D eigenvalue weighted by Crippen LogP contribution is -2.45. The van der Waals surface area contributed by atoms with E-state index in [2.05, 4.69) is 11.6 Å². The maximum atomic E-state index is 13.7. The molecule has 1 aromatic carbocycles. The van der Waals surface area contributed by atoms with Gasteiger partial charge in [0.2, 0.25) is 10.0 Å². The molecule has 0 radical (unpaired) electrons. The number of sulfonamides is 1. The Morgan fingerprint density at radius 3 is 2.31 bits per heavy atom. The molecule has 1 saturated heterocycles. The van der Waals surface area contributed by atoms with Crippen molar-refractivity contribution >= 4 is 21.7 Å². The van der Waals surface area contributed by atoms with E-state index in [4.69, 9.17) is 14.2 Å². The van der Waals surface area contributed by atoms with Gasteiger partial charge in [0, 0.05) is 6.42 Å². The van der Waals surface area contributed by atoms with Crippen LogP contribution < -0.4 is 4.72 Å². The largest absolute Gasteiger partial charge is 0.463 e. The first-order valence-corrected chi connectivity index (χ1v) is 15.0. The van der Waals surface area contributed by atoms with Crippen LogP contribution in [0.1, 0.15) is 64.4 Å². The molecule has 220 valence electrons. The molecule has 0 saturated carbocycles. The van der Waals surface area contributed by atoms with Gasteiger partial charge in [0.25, 0.3) is 0 Å². The number of benzene rings is 1. The summed E-state index contributed by atoms with van der Waals surface area (Å²) in [6, 6.07) is 7.17. The van der Waals surface area contributed by atoms with Crippen LogP contribution in [0, 0.1) is 0 Å². The molecule has 0 aromatic heterocycles. The lowest BCUT2D eigenvalue weighted by atomic mass is 9.94. The van der Waals surface area contributed by atoms with Crippen molar-refractivity contribution in [2.45, 2.75) is 94.2 Å². The Morgan fingerprint density at radius 2 is 1.74 bits per heavy atom. The normalized spacial score (nSPS) is 27.6. The Bertz CT molecular complexity index is 1090. The summed E-state index contributed by atoms with van der Waals surface area (Å²) in [6.45, 7) is 4.32. The van der Waals surface area contributed by atoms with Crippen molar-refractivity contribution in [1.29, 1.82) is 0 Å². The predicted octanol–water partition coefficient (Wildman–Crippen LogP) is 1.56. The molecule has 0 bridgehead atoms. The molecular formula is C27H41NO10S. The Balaban J connectivity index is 1.97. The van der Waals surface area contributed by atoms with Crippen LogP contribution in [0.3, 0.4) is 0 Å². The topological polar surface area (TPSA) is 172 Å². The summed E-state index contributed by atoms with van der Waals surface area (Å²) in [5.41, 5.74) is 1.09. The molecule has 1 heterocycles. The first kappa shape index (κ1) is 31.5. The van der Waals surface area contributed by atoms with Gasteiger partial charge in [-0.05, 0) is 43.4 Å². The Labute approximate surface area is 229 Å². The second-order valence-corrected chi connectivity index (χ2v) is 12.0. The number of esters is 1. The Kier molecular flexibility index (Phi) is 10.9. The first-order chi connectivity index (χ1) is 18.5. The highest BCUT2D eigenvalue weighted by Gasteiger charge is 2.55. The number of para-hydroxylation sites is 1. The molecule has 6 unspecified atom stereocenters. The highest BCUT2D eigenvalue weighted by molar-refractivity contribution is 7.93. The van der Waals surface area contributed by atoms with Gasteiger partial charge in [-0.2, -0.15) is 0 Å². The molecule has 2 aliphatic rings. The number of carbonyl (C=O) groups is 1. The van der Waals surface area contributed by atoms with Crippen LogP contribution in [-0.4, -0.2) is 90.1 Å². The summed E-state index contributed by atoms with van der Waals surface area (Å²) in [5.74, 6) is -2.43. The number of anilines is 1. The molecule has 1 aliphatic heterocycles. The predicted molar refractivity (Wildman–Crippen MR) is 143 cm³/mol. The number of aliphatic hydroxyl groups excluding tert-OH is 4. The minimum absolute atomic E-state index is 0.000559. The zero-order valence-corrected chi connectivity index (χ0v) is 23.5. The molecule has 0 amide bonds. The van der Waals surface area contributed by atoms with Crippen LogP contribution in [0.2, 0.25) is 0 Å². The van der Waals surface area contributed by atoms with Gasteiger partial charge in [0.15, 0.2) is 5.79 Å². The minimum Gasteiger partial charge on any atom is -0.463 e. The van der Waals surface area contributed by atoms with E-state index in [1.165, 1.54) is 6.08 Å². The molecule has 3 rings (SSSR count). The van der Waals surface area contributed by atoms with Gasteiger partial charge < -0.3 is 34.6 Å². The van der Waals surface area contributed by atoms with Gasteiger partial charge in [-0.15, -0.1) is 0 Å². The molecule has 39 heavy (non-hydrogen) atoms. The number of carbonyl (C=O) groups excluding carboxylic acids is 1. The lowest BCUT2D eigenvalue weighted by Gasteiger charge is -2.34. The lowest BCUT2D eigenvalue weighted by molar-refractivity contribution is -0.164. The summed E-state index contributed by atoms with van der Waals surface area (Å²) in [5, 5.41) is 38.1. The fraction of sp³-hybridized carbons (Fsp3) is 0.667. The fourth-order valence-electron chi connectivity index (χ4n) is 5.14. The molecule has 1 fully saturated rings. The number of aliphatic hydroxyl groups is 4. The summed E-state index contributed by atoms with van der Waals surface area (Å²) < 4.78 is 47.1. The van der Waals surface area contributed by atoms with Gasteiger partial charge in [0.05, 0.1) is 31.1 Å². The van der Waals surface area contributed by atoms with E-state index in [9.17, 15) is 33.6 Å². The summed E-state index contributed by atoms with van der Waals surface area (Å²) in [7, 11) is -4.15. The van der Waals surface area contributed by atoms with Crippen molar-refractivity contribution in [1.82, 2.24) is 0 Å². The summed E-state index contributed by atoms with van der Waals surface area (Å²) in [4.78, 5) is 13.0. The molecule has 1 aromatic rings. The Morgan fingerprint density at radius 1 is 1.13 bits per heavy atom. The maximum absolute atomic E-state index is 13.7. The second kappa shape index (κ2) is 13.5. The number of nitrogens with one attached hydrogen (secondary N) is 1. The fourth-order valence-corrected chi connectivity index (χ4v) is 6.70. The highest BCUT2D eigenvalue weighted by atomic mass is 32.2. The highest BCUT2D eigenvalue weighted by Crippen LogP contribution is 2.43. The minimum atomic E-state index is -4.15. The zero-order valence-electron chi connectivity index (χ0n) is 22.7. The number of unbranched alkanes of at least 4 members (excludes halogenated alkanes) is 1. The summed E-state index contributed by atoms with van der Waals surface area (Å²) >= 11 is 0. The number of hydrogen-bond acceptors (Lipinski definition) is 10. The van der Waals surface area contributed by atoms with E-state index in [1.807, 2.05) is 19.1 Å². The van der Waals surface area contributed by atoms with Crippen LogP contribution in [0.15, 0.2) is 35.9 Å². The zero-order chi connectivity index (χ0) is 28.8. The van der Waals surface area contributed by atoms with E-state index < -0.39 is 64.7 Å². The first-order valence-electron chi connectivity index (χ1n) is 13.5. The smallest absolute Gasteiger partial charge is 0.335 e. The van der Waals surface area contributed by atoms with Crippen LogP contribution in [0.4, 0.5) is 5.69 Å². The molecule has 5 N–H and O–H groups in total. The van der Waals surface area contributed by atoms with Crippen molar-refractivity contribution < 1.29 is 47.8 Å². The van der Waals surface area contributed by atoms with Gasteiger partial charge in [-0.1, -0.05) is 44.9 Å². The standard InChI is InChI=1S/C27H41NO10S/c1-4-6-9-17(3)18-10-7-8-11-20(18)28-39(34,35)23-12-13-27(14-19(23)26(33)36-5-2)37-24(21(31)15-29)25(38-27)22(32)16-30/h7-8,10-11,14,17,21-25,28-32H,4-6,9,12-13,15-16H2,1-3H3. The summed E-state index contributed by atoms with van der Waals surface area (Å²) in [6.07, 6.45) is -1.39. The second-order valence-electron chi connectivity index (χ2n) is 10.1. The number of hydrogen-bond donors (Lipinski definition) is 5. The van der Waals surface area contributed by atoms with Crippen LogP contribution in [0.5, 0.6) is 0 Å². The third-order valence-corrected chi connectivity index (χ3v) is 8.97. The van der Waals surface area contributed by atoms with E-state index in [0.29, 0.717) is 5.69 Å². The van der Waals surface area contributed by atoms with Crippen LogP contribution in [0.25, 0.3) is 0 Å². The quantitative estimate of drug-likeness (QED) is 0.219. The van der Waals surface area contributed by atoms with Crippen molar-refractivity contribution in [3.05, 3.63) is 41.5 Å². The monoisotopic (exact) mass is 571 g/mol. The van der Waals surface area contributed by atoms with E-state index >= 15 is 0 Å². The number of rotatable bonds is 13. The van der Waals surface area contributed by atoms with E-state index in [1.54, 1.807) is 19.1 Å². The van der Waals surface area contributed by atoms with Crippen LogP contribution >= 0.6 is 0 Å².